The molecule has 0 bridgehead atoms. The van der Waals surface area contributed by atoms with Crippen LogP contribution in [0.25, 0.3) is 0 Å². The number of hydrogen-bond donors (Lipinski definition) is 3. The molecule has 0 amide bonds. The summed E-state index contributed by atoms with van der Waals surface area (Å²) in [4.78, 5) is 25.7. The first kappa shape index (κ1) is 16.7. The van der Waals surface area contributed by atoms with Crippen LogP contribution in [0.3, 0.4) is 0 Å². The maximum atomic E-state index is 12.3. The molecule has 2 saturated heterocycles. The molecule has 0 aliphatic carbocycles. The molecular weight excluding hydrogens is 330 g/mol. The lowest BCUT2D eigenvalue weighted by Crippen LogP contribution is -2.62. The van der Waals surface area contributed by atoms with Crippen molar-refractivity contribution in [1.82, 2.24) is 21.0 Å². The smallest absolute Gasteiger partial charge is 0.417 e. The second kappa shape index (κ2) is 5.22. The molecule has 22 heavy (non-hydrogen) atoms. The van der Waals surface area contributed by atoms with Crippen molar-refractivity contribution in [2.75, 3.05) is 13.3 Å². The molecule has 2 aliphatic heterocycles. The molecule has 2 fully saturated rings. The first-order valence-corrected chi connectivity index (χ1v) is 5.55. The Morgan fingerprint density at radius 1 is 1.05 bits per heavy atom. The Bertz CT molecular complexity index is 482. The lowest BCUT2D eigenvalue weighted by molar-refractivity contribution is -0.304. The normalized spacial score (nSPS) is 29.3. The molecule has 2 rings (SSSR count). The van der Waals surface area contributed by atoms with Gasteiger partial charge < -0.3 is 9.57 Å². The monoisotopic (exact) mass is 338 g/mol. The molecule has 2 atom stereocenters. The van der Waals surface area contributed by atoms with E-state index in [2.05, 4.69) is 25.5 Å². The number of nitrogens with zero attached hydrogens (tertiary/aromatic N) is 1. The molecule has 0 saturated carbocycles. The standard InChI is InChI=1S/C8H8F6N4O4/c9-6(10,11)4(19)21-8-3(15-1-17-8)16-2-18(8)22-5(20)7(12,13)14/h3,15-17H,1-2H2. The maximum Gasteiger partial charge on any atom is 0.492 e. The minimum absolute atomic E-state index is 0.136. The van der Waals surface area contributed by atoms with Gasteiger partial charge in [-0.3, -0.25) is 10.6 Å². The van der Waals surface area contributed by atoms with Crippen LogP contribution in [0.4, 0.5) is 26.3 Å². The van der Waals surface area contributed by atoms with Gasteiger partial charge in [-0.05, 0) is 0 Å². The van der Waals surface area contributed by atoms with Gasteiger partial charge in [0.2, 0.25) is 0 Å². The molecule has 14 heteroatoms. The zero-order valence-corrected chi connectivity index (χ0v) is 10.3. The number of rotatable bonds is 2. The molecule has 0 aromatic heterocycles. The molecule has 0 aromatic rings. The summed E-state index contributed by atoms with van der Waals surface area (Å²) in [6.07, 6.45) is -12.0. The number of carbonyl (C=O) groups excluding carboxylic acids is 2. The largest absolute Gasteiger partial charge is 0.492 e. The van der Waals surface area contributed by atoms with Crippen LogP contribution < -0.4 is 16.0 Å². The Labute approximate surface area is 117 Å². The van der Waals surface area contributed by atoms with Crippen LogP contribution in [0.5, 0.6) is 0 Å². The van der Waals surface area contributed by atoms with Crippen LogP contribution >= 0.6 is 0 Å². The highest BCUT2D eigenvalue weighted by molar-refractivity contribution is 5.76. The highest BCUT2D eigenvalue weighted by Gasteiger charge is 2.61. The second-order valence-electron chi connectivity index (χ2n) is 4.19. The number of hydroxylamine groups is 2. The summed E-state index contributed by atoms with van der Waals surface area (Å²) >= 11 is 0. The second-order valence-corrected chi connectivity index (χ2v) is 4.19. The van der Waals surface area contributed by atoms with E-state index >= 15 is 0 Å². The molecule has 2 aliphatic rings. The molecule has 0 spiro atoms. The molecule has 2 heterocycles. The van der Waals surface area contributed by atoms with Crippen molar-refractivity contribution < 1.29 is 45.5 Å². The SMILES string of the molecule is O=C(ON1CNC2NCNC21OC(=O)C(F)(F)F)C(F)(F)F. The Morgan fingerprint density at radius 2 is 1.64 bits per heavy atom. The van der Waals surface area contributed by atoms with E-state index in [4.69, 9.17) is 0 Å². The predicted molar refractivity (Wildman–Crippen MR) is 51.8 cm³/mol. The Balaban J connectivity index is 2.20. The van der Waals surface area contributed by atoms with Crippen LogP contribution in [0.2, 0.25) is 0 Å². The fourth-order valence-corrected chi connectivity index (χ4v) is 1.85. The number of hydrogen-bond acceptors (Lipinski definition) is 8. The fraction of sp³-hybridized carbons (Fsp3) is 0.750. The van der Waals surface area contributed by atoms with Crippen molar-refractivity contribution in [2.24, 2.45) is 0 Å². The lowest BCUT2D eigenvalue weighted by Gasteiger charge is -2.34. The third-order valence-corrected chi connectivity index (χ3v) is 2.75. The molecule has 8 nitrogen and oxygen atoms in total. The number of halogens is 6. The molecule has 0 aromatic carbocycles. The third-order valence-electron chi connectivity index (χ3n) is 2.75. The van der Waals surface area contributed by atoms with Crippen molar-refractivity contribution in [3.05, 3.63) is 0 Å². The van der Waals surface area contributed by atoms with Gasteiger partial charge in [-0.15, -0.1) is 0 Å². The molecule has 3 N–H and O–H groups in total. The van der Waals surface area contributed by atoms with Crippen LogP contribution in [0.1, 0.15) is 0 Å². The van der Waals surface area contributed by atoms with Crippen molar-refractivity contribution in [1.29, 1.82) is 0 Å². The average Bonchev–Trinajstić information content (AvgIpc) is 2.87. The zero-order valence-electron chi connectivity index (χ0n) is 10.3. The van der Waals surface area contributed by atoms with E-state index < -0.39 is 43.0 Å². The summed E-state index contributed by atoms with van der Waals surface area (Å²) in [5, 5.41) is 7.21. The van der Waals surface area contributed by atoms with Crippen molar-refractivity contribution in [2.45, 2.75) is 24.4 Å². The van der Waals surface area contributed by atoms with Gasteiger partial charge in [0.15, 0.2) is 0 Å². The van der Waals surface area contributed by atoms with E-state index in [1.54, 1.807) is 0 Å². The minimum Gasteiger partial charge on any atom is -0.417 e. The van der Waals surface area contributed by atoms with Crippen LogP contribution in [0.15, 0.2) is 0 Å². The third kappa shape index (κ3) is 2.94. The Kier molecular flexibility index (Phi) is 3.97. The van der Waals surface area contributed by atoms with Gasteiger partial charge in [0.25, 0.3) is 5.85 Å². The predicted octanol–water partition coefficient (Wildman–Crippen LogP) is -0.895. The quantitative estimate of drug-likeness (QED) is 0.441. The van der Waals surface area contributed by atoms with E-state index in [1.165, 1.54) is 0 Å². The summed E-state index contributed by atoms with van der Waals surface area (Å²) in [5.74, 6) is -7.79. The fourth-order valence-electron chi connectivity index (χ4n) is 1.85. The molecular formula is C8H8F6N4O4. The van der Waals surface area contributed by atoms with E-state index in [9.17, 15) is 35.9 Å². The highest BCUT2D eigenvalue weighted by Crippen LogP contribution is 2.31. The number of ether oxygens (including phenoxy) is 1. The van der Waals surface area contributed by atoms with Crippen LogP contribution in [-0.4, -0.2) is 54.7 Å². The molecule has 0 radical (unpaired) electrons. The van der Waals surface area contributed by atoms with Gasteiger partial charge in [0.05, 0.1) is 13.3 Å². The maximum absolute atomic E-state index is 12.3. The van der Waals surface area contributed by atoms with Crippen LogP contribution in [0, 0.1) is 0 Å². The first-order chi connectivity index (χ1) is 9.97. The Hall–Kier alpha value is -1.64. The van der Waals surface area contributed by atoms with E-state index in [-0.39, 0.29) is 11.7 Å². The van der Waals surface area contributed by atoms with Gasteiger partial charge >= 0.3 is 24.3 Å². The summed E-state index contributed by atoms with van der Waals surface area (Å²) in [6, 6.07) is 0. The summed E-state index contributed by atoms with van der Waals surface area (Å²) in [7, 11) is 0. The van der Waals surface area contributed by atoms with Gasteiger partial charge in [-0.1, -0.05) is 5.06 Å². The van der Waals surface area contributed by atoms with Gasteiger partial charge in [-0.2, -0.15) is 26.3 Å². The topological polar surface area (TPSA) is 91.9 Å². The van der Waals surface area contributed by atoms with Crippen molar-refractivity contribution in [3.8, 4) is 0 Å². The van der Waals surface area contributed by atoms with E-state index in [0.717, 1.165) is 0 Å². The number of nitrogens with one attached hydrogen (secondary N) is 3. The molecule has 126 valence electrons. The van der Waals surface area contributed by atoms with Gasteiger partial charge in [-0.25, -0.2) is 14.9 Å². The number of carbonyl (C=O) groups is 2. The number of esters is 1. The van der Waals surface area contributed by atoms with E-state index in [1.807, 2.05) is 0 Å². The number of alkyl halides is 6. The molecule has 2 unspecified atom stereocenters. The van der Waals surface area contributed by atoms with Crippen LogP contribution in [-0.2, 0) is 19.2 Å². The highest BCUT2D eigenvalue weighted by atomic mass is 19.4. The van der Waals surface area contributed by atoms with E-state index in [0.29, 0.717) is 0 Å². The summed E-state index contributed by atoms with van der Waals surface area (Å²) in [5.41, 5.74) is 0. The number of fused-ring (bicyclic) bond motifs is 1. The average molecular weight is 338 g/mol. The van der Waals surface area contributed by atoms with Gasteiger partial charge in [0, 0.05) is 0 Å². The van der Waals surface area contributed by atoms with Crippen molar-refractivity contribution in [3.63, 3.8) is 0 Å². The summed E-state index contributed by atoms with van der Waals surface area (Å²) < 4.78 is 77.6. The Morgan fingerprint density at radius 3 is 2.18 bits per heavy atom. The zero-order chi connectivity index (χ0) is 16.8. The van der Waals surface area contributed by atoms with Crippen molar-refractivity contribution >= 4 is 11.9 Å². The van der Waals surface area contributed by atoms with Gasteiger partial charge in [0.1, 0.15) is 6.17 Å². The minimum atomic E-state index is -5.38. The lowest BCUT2D eigenvalue weighted by atomic mass is 10.3. The summed E-state index contributed by atoms with van der Waals surface area (Å²) in [6.45, 7) is -0.833. The first-order valence-electron chi connectivity index (χ1n) is 5.55.